The highest BCUT2D eigenvalue weighted by molar-refractivity contribution is 8.00. The van der Waals surface area contributed by atoms with Crippen LogP contribution in [0.15, 0.2) is 18.2 Å². The molecule has 3 rings (SSSR count). The maximum atomic E-state index is 6.02. The monoisotopic (exact) mass is 291 g/mol. The van der Waals surface area contributed by atoms with E-state index in [0.29, 0.717) is 10.9 Å². The number of hydrogen-bond acceptors (Lipinski definition) is 3. The Morgan fingerprint density at radius 3 is 2.90 bits per heavy atom. The number of rotatable bonds is 5. The number of thioether (sulfide) groups is 1. The third-order valence-electron chi connectivity index (χ3n) is 4.72. The van der Waals surface area contributed by atoms with E-state index in [1.165, 1.54) is 36.8 Å². The molecular weight excluding hydrogens is 266 g/mol. The minimum atomic E-state index is 0.312. The average Bonchev–Trinajstić information content (AvgIpc) is 3.05. The summed E-state index contributed by atoms with van der Waals surface area (Å²) in [6.07, 6.45) is 9.15. The Balaban J connectivity index is 1.49. The van der Waals surface area contributed by atoms with E-state index in [0.717, 1.165) is 25.3 Å². The van der Waals surface area contributed by atoms with E-state index in [1.54, 1.807) is 0 Å². The van der Waals surface area contributed by atoms with Crippen LogP contribution in [0.2, 0.25) is 0 Å². The van der Waals surface area contributed by atoms with Gasteiger partial charge in [0.1, 0.15) is 11.9 Å². The molecule has 2 aliphatic rings. The summed E-state index contributed by atoms with van der Waals surface area (Å²) >= 11 is 2.05. The Morgan fingerprint density at radius 1 is 1.35 bits per heavy atom. The largest absolute Gasteiger partial charge is 0.488 e. The molecule has 0 aromatic heterocycles. The van der Waals surface area contributed by atoms with Crippen LogP contribution >= 0.6 is 11.8 Å². The number of hydrogen-bond donors (Lipinski definition) is 1. The van der Waals surface area contributed by atoms with Crippen molar-refractivity contribution in [3.8, 4) is 5.75 Å². The number of ether oxygens (including phenoxy) is 1. The number of aryl methyl sites for hydroxylation is 1. The van der Waals surface area contributed by atoms with E-state index in [1.807, 2.05) is 11.8 Å². The number of benzene rings is 1. The molecule has 1 unspecified atom stereocenters. The second-order valence-corrected chi connectivity index (χ2v) is 7.55. The Morgan fingerprint density at radius 2 is 2.15 bits per heavy atom. The van der Waals surface area contributed by atoms with E-state index >= 15 is 0 Å². The Hall–Kier alpha value is -0.670. The molecule has 0 bridgehead atoms. The van der Waals surface area contributed by atoms with Gasteiger partial charge in [0.25, 0.3) is 0 Å². The predicted molar refractivity (Wildman–Crippen MR) is 86.9 cm³/mol. The van der Waals surface area contributed by atoms with Gasteiger partial charge in [-0.05, 0) is 37.7 Å². The van der Waals surface area contributed by atoms with Crippen molar-refractivity contribution in [2.75, 3.05) is 19.3 Å². The van der Waals surface area contributed by atoms with Crippen LogP contribution in [0, 0.1) is 6.92 Å². The highest BCUT2D eigenvalue weighted by atomic mass is 32.2. The lowest BCUT2D eigenvalue weighted by molar-refractivity contribution is 0.226. The molecule has 0 amide bonds. The lowest BCUT2D eigenvalue weighted by Crippen LogP contribution is -2.39. The van der Waals surface area contributed by atoms with Gasteiger partial charge in [-0.25, -0.2) is 0 Å². The first-order chi connectivity index (χ1) is 9.71. The van der Waals surface area contributed by atoms with Crippen molar-refractivity contribution in [1.82, 2.24) is 5.32 Å². The lowest BCUT2D eigenvalue weighted by Gasteiger charge is -2.27. The fraction of sp³-hybridized carbons (Fsp3) is 0.647. The second kappa shape index (κ2) is 5.98. The van der Waals surface area contributed by atoms with Gasteiger partial charge in [0.15, 0.2) is 0 Å². The van der Waals surface area contributed by atoms with Gasteiger partial charge < -0.3 is 10.1 Å². The summed E-state index contributed by atoms with van der Waals surface area (Å²) in [5.41, 5.74) is 2.70. The molecule has 1 atom stereocenters. The zero-order chi connectivity index (χ0) is 14.0. The fourth-order valence-electron chi connectivity index (χ4n) is 3.50. The SMILES string of the molecule is CSC1(CNCC2Cc3cc(C)ccc3O2)CCCC1. The van der Waals surface area contributed by atoms with Gasteiger partial charge in [0.05, 0.1) is 0 Å². The lowest BCUT2D eigenvalue weighted by atomic mass is 10.1. The summed E-state index contributed by atoms with van der Waals surface area (Å²) in [4.78, 5) is 0. The van der Waals surface area contributed by atoms with Gasteiger partial charge in [0.2, 0.25) is 0 Å². The first kappa shape index (κ1) is 14.3. The molecule has 1 heterocycles. The molecule has 1 aliphatic carbocycles. The topological polar surface area (TPSA) is 21.3 Å². The van der Waals surface area contributed by atoms with Gasteiger partial charge in [-0.15, -0.1) is 0 Å². The van der Waals surface area contributed by atoms with Crippen LogP contribution in [0.1, 0.15) is 36.8 Å². The van der Waals surface area contributed by atoms with Crippen LogP contribution in [-0.4, -0.2) is 30.2 Å². The van der Waals surface area contributed by atoms with Crippen molar-refractivity contribution in [3.63, 3.8) is 0 Å². The van der Waals surface area contributed by atoms with Gasteiger partial charge in [-0.3, -0.25) is 0 Å². The van der Waals surface area contributed by atoms with Crippen molar-refractivity contribution in [2.24, 2.45) is 0 Å². The normalized spacial score (nSPS) is 23.6. The molecule has 3 heteroatoms. The first-order valence-corrected chi connectivity index (χ1v) is 8.95. The number of nitrogens with one attached hydrogen (secondary N) is 1. The molecule has 20 heavy (non-hydrogen) atoms. The molecular formula is C17H25NOS. The molecule has 0 spiro atoms. The molecule has 110 valence electrons. The van der Waals surface area contributed by atoms with Gasteiger partial charge in [-0.1, -0.05) is 30.5 Å². The van der Waals surface area contributed by atoms with Crippen LogP contribution < -0.4 is 10.1 Å². The summed E-state index contributed by atoms with van der Waals surface area (Å²) in [5, 5.41) is 3.66. The zero-order valence-corrected chi connectivity index (χ0v) is 13.4. The molecule has 1 fully saturated rings. The molecule has 1 N–H and O–H groups in total. The van der Waals surface area contributed by atoms with E-state index < -0.39 is 0 Å². The van der Waals surface area contributed by atoms with Crippen molar-refractivity contribution in [1.29, 1.82) is 0 Å². The first-order valence-electron chi connectivity index (χ1n) is 7.73. The van der Waals surface area contributed by atoms with Crippen molar-refractivity contribution < 1.29 is 4.74 Å². The van der Waals surface area contributed by atoms with Gasteiger partial charge in [-0.2, -0.15) is 11.8 Å². The van der Waals surface area contributed by atoms with E-state index in [4.69, 9.17) is 4.74 Å². The summed E-state index contributed by atoms with van der Waals surface area (Å²) in [5.74, 6) is 1.09. The second-order valence-electron chi connectivity index (χ2n) is 6.28. The van der Waals surface area contributed by atoms with Crippen LogP contribution in [0.5, 0.6) is 5.75 Å². The van der Waals surface area contributed by atoms with Crippen LogP contribution in [0.3, 0.4) is 0 Å². The molecule has 1 aromatic rings. The van der Waals surface area contributed by atoms with E-state index in [9.17, 15) is 0 Å². The summed E-state index contributed by atoms with van der Waals surface area (Å²) in [6, 6.07) is 6.51. The van der Waals surface area contributed by atoms with Crippen molar-refractivity contribution >= 4 is 11.8 Å². The van der Waals surface area contributed by atoms with E-state index in [-0.39, 0.29) is 0 Å². The number of fused-ring (bicyclic) bond motifs is 1. The van der Waals surface area contributed by atoms with Crippen LogP contribution in [0.4, 0.5) is 0 Å². The minimum absolute atomic E-state index is 0.312. The maximum Gasteiger partial charge on any atom is 0.123 e. The Labute approximate surface area is 126 Å². The van der Waals surface area contributed by atoms with Crippen LogP contribution in [-0.2, 0) is 6.42 Å². The molecule has 1 aliphatic heterocycles. The predicted octanol–water partition coefficient (Wildman–Crippen LogP) is 3.56. The Kier molecular flexibility index (Phi) is 4.27. The van der Waals surface area contributed by atoms with Crippen molar-refractivity contribution in [2.45, 2.75) is 49.9 Å². The molecule has 0 radical (unpaired) electrons. The highest BCUT2D eigenvalue weighted by Crippen LogP contribution is 2.39. The summed E-state index contributed by atoms with van der Waals surface area (Å²) in [7, 11) is 0. The maximum absolute atomic E-state index is 6.02. The van der Waals surface area contributed by atoms with Gasteiger partial charge >= 0.3 is 0 Å². The van der Waals surface area contributed by atoms with Crippen molar-refractivity contribution in [3.05, 3.63) is 29.3 Å². The van der Waals surface area contributed by atoms with E-state index in [2.05, 4.69) is 36.7 Å². The molecule has 0 saturated heterocycles. The Bertz CT molecular complexity index is 468. The van der Waals surface area contributed by atoms with Crippen LogP contribution in [0.25, 0.3) is 0 Å². The molecule has 1 aromatic carbocycles. The third-order valence-corrected chi connectivity index (χ3v) is 6.14. The zero-order valence-electron chi connectivity index (χ0n) is 12.6. The standard InChI is InChI=1S/C17H25NOS/c1-13-5-6-16-14(9-13)10-15(19-16)11-18-12-17(20-2)7-3-4-8-17/h5-6,9,15,18H,3-4,7-8,10-12H2,1-2H3. The quantitative estimate of drug-likeness (QED) is 0.896. The van der Waals surface area contributed by atoms with Gasteiger partial charge in [0, 0.05) is 24.3 Å². The molecule has 2 nitrogen and oxygen atoms in total. The summed E-state index contributed by atoms with van der Waals surface area (Å²) in [6.45, 7) is 4.24. The fourth-order valence-corrected chi connectivity index (χ4v) is 4.44. The third kappa shape index (κ3) is 2.99. The minimum Gasteiger partial charge on any atom is -0.488 e. The summed E-state index contributed by atoms with van der Waals surface area (Å²) < 4.78 is 6.51. The average molecular weight is 291 g/mol. The molecule has 1 saturated carbocycles. The highest BCUT2D eigenvalue weighted by Gasteiger charge is 2.33. The smallest absolute Gasteiger partial charge is 0.123 e.